The summed E-state index contributed by atoms with van der Waals surface area (Å²) in [6.45, 7) is 0. The first-order valence-electron chi connectivity index (χ1n) is 4.57. The zero-order valence-corrected chi connectivity index (χ0v) is 12.5. The number of carbonyl (C=O) groups is 4. The second-order valence-electron chi connectivity index (χ2n) is 3.13. The molecule has 0 rings (SSSR count). The van der Waals surface area contributed by atoms with Crippen LogP contribution in [0.5, 0.6) is 0 Å². The summed E-state index contributed by atoms with van der Waals surface area (Å²) in [5, 5.41) is 65.1. The first-order chi connectivity index (χ1) is 8.93. The topological polar surface area (TPSA) is 230 Å². The number of aliphatic hydroxyl groups excluding tert-OH is 4. The van der Waals surface area contributed by atoms with E-state index in [2.05, 4.69) is 0 Å². The maximum Gasteiger partial charge on any atom is 0.335 e. The Morgan fingerprint density at radius 1 is 0.500 bits per heavy atom. The normalized spacial score (nSPS) is 14.4. The van der Waals surface area contributed by atoms with Crippen molar-refractivity contribution in [2.75, 3.05) is 0 Å². The van der Waals surface area contributed by atoms with Crippen LogP contribution in [-0.4, -0.2) is 89.1 Å². The van der Waals surface area contributed by atoms with Crippen molar-refractivity contribution in [2.45, 2.75) is 24.4 Å². The number of rotatable bonds is 6. The van der Waals surface area contributed by atoms with Gasteiger partial charge in [-0.2, -0.15) is 0 Å². The van der Waals surface area contributed by atoms with Crippen molar-refractivity contribution >= 4 is 23.9 Å². The molecular weight excluding hydrogens is 399 g/mol. The third kappa shape index (κ3) is 11.4. The molecule has 0 aliphatic carbocycles. The number of hydrogen-bond donors (Lipinski definition) is 8. The summed E-state index contributed by atoms with van der Waals surface area (Å²) in [5.41, 5.74) is 0. The van der Waals surface area contributed by atoms with Crippen LogP contribution < -0.4 is 0 Å². The van der Waals surface area contributed by atoms with Gasteiger partial charge in [0.05, 0.1) is 0 Å². The Hall–Kier alpha value is -1.24. The minimum absolute atomic E-state index is 0. The van der Waals surface area contributed by atoms with Crippen LogP contribution in [0.3, 0.4) is 0 Å². The van der Waals surface area contributed by atoms with Crippen LogP contribution in [0.25, 0.3) is 0 Å². The number of carboxylic acid groups (broad SMARTS) is 4. The molecule has 22 heavy (non-hydrogen) atoms. The predicted molar refractivity (Wildman–Crippen MR) is 54.6 cm³/mol. The molecule has 0 aromatic carbocycles. The summed E-state index contributed by atoms with van der Waals surface area (Å²) in [4.78, 5) is 39.1. The molecule has 0 fully saturated rings. The van der Waals surface area contributed by atoms with Gasteiger partial charge in [-0.3, -0.25) is 0 Å². The van der Waals surface area contributed by atoms with Gasteiger partial charge in [-0.25, -0.2) is 19.2 Å². The van der Waals surface area contributed by atoms with Crippen LogP contribution in [-0.2, 0) is 53.3 Å². The Labute approximate surface area is 142 Å². The van der Waals surface area contributed by atoms with E-state index in [9.17, 15) is 19.2 Å². The Morgan fingerprint density at radius 2 is 0.591 bits per heavy atom. The van der Waals surface area contributed by atoms with E-state index >= 15 is 0 Å². The molecule has 131 valence electrons. The molecule has 4 unspecified atom stereocenters. The Kier molecular flexibility index (Phi) is 17.6. The van der Waals surface area contributed by atoms with Gasteiger partial charge in [-0.1, -0.05) is 0 Å². The van der Waals surface area contributed by atoms with Gasteiger partial charge < -0.3 is 40.9 Å². The fourth-order valence-corrected chi connectivity index (χ4v) is 0.540. The fraction of sp³-hybridized carbons (Fsp3) is 0.500. The summed E-state index contributed by atoms with van der Waals surface area (Å²) in [7, 11) is 0. The average Bonchev–Trinajstić information content (AvgIpc) is 2.35. The number of hydrogen-bond acceptors (Lipinski definition) is 8. The third-order valence-corrected chi connectivity index (χ3v) is 1.61. The Morgan fingerprint density at radius 3 is 0.636 bits per heavy atom. The largest absolute Gasteiger partial charge is 0.479 e. The summed E-state index contributed by atoms with van der Waals surface area (Å²) < 4.78 is 0. The van der Waals surface area contributed by atoms with Crippen molar-refractivity contribution in [2.24, 2.45) is 0 Å². The van der Waals surface area contributed by atoms with E-state index in [4.69, 9.17) is 40.9 Å². The van der Waals surface area contributed by atoms with Crippen LogP contribution in [0.2, 0.25) is 0 Å². The van der Waals surface area contributed by atoms with Gasteiger partial charge >= 0.3 is 23.9 Å². The molecule has 4 atom stereocenters. The van der Waals surface area contributed by atoms with Gasteiger partial charge in [0, 0.05) is 34.1 Å². The molecule has 1 radical (unpaired) electrons. The Bertz CT molecular complexity index is 315. The minimum atomic E-state index is -2.27. The number of carboxylic acids is 4. The van der Waals surface area contributed by atoms with Crippen LogP contribution >= 0.6 is 0 Å². The first-order valence-corrected chi connectivity index (χ1v) is 4.57. The molecule has 0 amide bonds. The van der Waals surface area contributed by atoms with Crippen molar-refractivity contribution in [3.05, 3.63) is 0 Å². The molecule has 0 heterocycles. The molecule has 0 aliphatic heterocycles. The van der Waals surface area contributed by atoms with Crippen LogP contribution in [0.1, 0.15) is 0 Å². The fourth-order valence-electron chi connectivity index (χ4n) is 0.540. The van der Waals surface area contributed by atoms with Gasteiger partial charge in [0.25, 0.3) is 0 Å². The summed E-state index contributed by atoms with van der Waals surface area (Å²) in [6.07, 6.45) is -9.06. The monoisotopic (exact) mass is 411 g/mol. The number of aliphatic carboxylic acids is 4. The maximum absolute atomic E-state index is 9.77. The third-order valence-electron chi connectivity index (χ3n) is 1.61. The van der Waals surface area contributed by atoms with Crippen LogP contribution in [0, 0.1) is 0 Å². The second-order valence-corrected chi connectivity index (χ2v) is 3.13. The van der Waals surface area contributed by atoms with E-state index in [1.807, 2.05) is 0 Å². The minimum Gasteiger partial charge on any atom is -0.479 e. The van der Waals surface area contributed by atoms with Crippen molar-refractivity contribution in [3.8, 4) is 0 Å². The van der Waals surface area contributed by atoms with Gasteiger partial charge in [-0.15, -0.1) is 0 Å². The Balaban J connectivity index is -0.000000135. The molecule has 0 saturated carbocycles. The number of aliphatic hydroxyl groups is 4. The van der Waals surface area contributed by atoms with Crippen molar-refractivity contribution in [1.29, 1.82) is 0 Å². The SMILES string of the molecule is O=C(O)C(O)C(O)C(=O)O.O=C(O)C(O)C(O)C(=O)O.[Fe].[Mn]. The van der Waals surface area contributed by atoms with Crippen molar-refractivity contribution < 1.29 is 94.2 Å². The molecule has 0 spiro atoms. The van der Waals surface area contributed by atoms with E-state index in [0.29, 0.717) is 0 Å². The van der Waals surface area contributed by atoms with Gasteiger partial charge in [-0.05, 0) is 0 Å². The van der Waals surface area contributed by atoms with Gasteiger partial charge in [0.2, 0.25) is 0 Å². The average molecular weight is 411 g/mol. The van der Waals surface area contributed by atoms with Crippen molar-refractivity contribution in [1.82, 2.24) is 0 Å². The smallest absolute Gasteiger partial charge is 0.335 e. The zero-order valence-electron chi connectivity index (χ0n) is 10.3. The van der Waals surface area contributed by atoms with E-state index in [1.54, 1.807) is 0 Å². The quantitative estimate of drug-likeness (QED) is 0.194. The molecule has 0 aromatic heterocycles. The summed E-state index contributed by atoms with van der Waals surface area (Å²) in [6, 6.07) is 0. The molecule has 8 N–H and O–H groups in total. The van der Waals surface area contributed by atoms with Crippen molar-refractivity contribution in [3.63, 3.8) is 0 Å². The second kappa shape index (κ2) is 13.4. The predicted octanol–water partition coefficient (Wildman–Crippen LogP) is -4.25. The zero-order chi connectivity index (χ0) is 16.6. The van der Waals surface area contributed by atoms with Gasteiger partial charge in [0.1, 0.15) is 0 Å². The van der Waals surface area contributed by atoms with E-state index in [1.165, 1.54) is 0 Å². The van der Waals surface area contributed by atoms with Crippen LogP contribution in [0.4, 0.5) is 0 Å². The van der Waals surface area contributed by atoms with E-state index in [-0.39, 0.29) is 34.1 Å². The van der Waals surface area contributed by atoms with Gasteiger partial charge in [0.15, 0.2) is 24.4 Å². The first kappa shape index (κ1) is 28.9. The summed E-state index contributed by atoms with van der Waals surface area (Å²) in [5.74, 6) is -7.07. The molecule has 0 bridgehead atoms. The maximum atomic E-state index is 9.77. The molecule has 0 saturated heterocycles. The summed E-state index contributed by atoms with van der Waals surface area (Å²) >= 11 is 0. The molecule has 12 nitrogen and oxygen atoms in total. The van der Waals surface area contributed by atoms with E-state index in [0.717, 1.165) is 0 Å². The molecule has 0 aliphatic rings. The molecular formula is C8H12FeMnO12. The molecule has 0 aromatic rings. The standard InChI is InChI=1S/2C4H6O6.Fe.Mn/c2*5-1(3(7)8)2(6)4(9)10;;/h2*1-2,5-6H,(H,7,8)(H,9,10);;. The molecule has 14 heteroatoms. The van der Waals surface area contributed by atoms with Crippen LogP contribution in [0.15, 0.2) is 0 Å². The van der Waals surface area contributed by atoms with E-state index < -0.39 is 48.3 Å².